The molecule has 7 nitrogen and oxygen atoms in total. The molecule has 1 amide bonds. The van der Waals surface area contributed by atoms with Gasteiger partial charge in [0.25, 0.3) is 0 Å². The number of carbonyl (C=O) groups is 1. The van der Waals surface area contributed by atoms with Gasteiger partial charge in [-0.2, -0.15) is 0 Å². The van der Waals surface area contributed by atoms with Gasteiger partial charge >= 0.3 is 6.09 Å². The lowest BCUT2D eigenvalue weighted by atomic mass is 10.1. The summed E-state index contributed by atoms with van der Waals surface area (Å²) in [6.07, 6.45) is 0.315. The molecule has 0 radical (unpaired) electrons. The van der Waals surface area contributed by atoms with E-state index in [4.69, 9.17) is 19.9 Å². The summed E-state index contributed by atoms with van der Waals surface area (Å²) >= 11 is 0. The molecule has 0 unspecified atom stereocenters. The summed E-state index contributed by atoms with van der Waals surface area (Å²) in [5, 5.41) is 3.64. The van der Waals surface area contributed by atoms with Gasteiger partial charge in [0.2, 0.25) is 0 Å². The molecule has 0 atom stereocenters. The van der Waals surface area contributed by atoms with Crippen LogP contribution in [0.15, 0.2) is 42.5 Å². The van der Waals surface area contributed by atoms with E-state index < -0.39 is 6.09 Å². The number of nitrogens with one attached hydrogen (secondary N) is 1. The number of hydrogen-bond acceptors (Lipinski definition) is 5. The average molecular weight is 383 g/mol. The zero-order valence-electron chi connectivity index (χ0n) is 16.3. The van der Waals surface area contributed by atoms with E-state index in [0.29, 0.717) is 24.7 Å². The number of methoxy groups -OCH3 is 2. The number of aromatic nitrogens is 1. The summed E-state index contributed by atoms with van der Waals surface area (Å²) in [7, 11) is 3.27. The highest BCUT2D eigenvalue weighted by molar-refractivity contribution is 6.01. The normalized spacial score (nSPS) is 10.8. The number of carbonyl (C=O) groups excluding carboxylic acids is 1. The largest absolute Gasteiger partial charge is 0.497 e. The van der Waals surface area contributed by atoms with Crippen LogP contribution in [-0.2, 0) is 16.2 Å². The smallest absolute Gasteiger partial charge is 0.411 e. The lowest BCUT2D eigenvalue weighted by Gasteiger charge is -2.12. The predicted molar refractivity (Wildman–Crippen MR) is 111 cm³/mol. The maximum absolute atomic E-state index is 11.7. The third kappa shape index (κ3) is 3.89. The molecule has 3 rings (SSSR count). The molecule has 0 aliphatic rings. The number of nitrogens with two attached hydrogens (primary N) is 1. The van der Waals surface area contributed by atoms with Crippen LogP contribution in [0.1, 0.15) is 13.3 Å². The Balaban J connectivity index is 1.97. The summed E-state index contributed by atoms with van der Waals surface area (Å²) in [5.41, 5.74) is 10.5. The van der Waals surface area contributed by atoms with Gasteiger partial charge in [0, 0.05) is 29.8 Å². The molecule has 0 saturated carbocycles. The highest BCUT2D eigenvalue weighted by Gasteiger charge is 2.17. The lowest BCUT2D eigenvalue weighted by molar-refractivity contribution is 0.136. The Labute approximate surface area is 164 Å². The maximum Gasteiger partial charge on any atom is 0.411 e. The van der Waals surface area contributed by atoms with Gasteiger partial charge in [-0.25, -0.2) is 4.79 Å². The highest BCUT2D eigenvalue weighted by atomic mass is 16.5. The average Bonchev–Trinajstić information content (AvgIpc) is 2.98. The topological polar surface area (TPSA) is 87.7 Å². The van der Waals surface area contributed by atoms with E-state index >= 15 is 0 Å². The quantitative estimate of drug-likeness (QED) is 0.629. The fourth-order valence-electron chi connectivity index (χ4n) is 3.12. The van der Waals surface area contributed by atoms with Crippen molar-refractivity contribution >= 4 is 28.4 Å². The van der Waals surface area contributed by atoms with E-state index in [9.17, 15) is 4.79 Å². The summed E-state index contributed by atoms with van der Waals surface area (Å²) in [5.74, 6) is 0.749. The van der Waals surface area contributed by atoms with Crippen molar-refractivity contribution in [3.8, 4) is 17.0 Å². The Hall–Kier alpha value is -3.19. The molecular weight excluding hydrogens is 358 g/mol. The van der Waals surface area contributed by atoms with Crippen LogP contribution in [-0.4, -0.2) is 31.5 Å². The number of rotatable bonds is 7. The number of hydrogen-bond donors (Lipinski definition) is 2. The fourth-order valence-corrected chi connectivity index (χ4v) is 3.12. The number of nitrogens with zero attached hydrogens (tertiary/aromatic N) is 1. The van der Waals surface area contributed by atoms with Gasteiger partial charge in [-0.15, -0.1) is 0 Å². The molecule has 2 aromatic carbocycles. The van der Waals surface area contributed by atoms with Crippen LogP contribution in [0.3, 0.4) is 0 Å². The molecule has 1 aromatic heterocycles. The van der Waals surface area contributed by atoms with Crippen molar-refractivity contribution in [3.05, 3.63) is 42.5 Å². The van der Waals surface area contributed by atoms with E-state index in [1.807, 2.05) is 54.0 Å². The standard InChI is InChI=1S/C21H25N3O4/c1-4-11-28-21(25)23-15-7-5-14(6-8-15)20-19(22)17-10-9-16(27-3)12-18(17)24(20)13-26-2/h5-10,12H,4,11,13,22H2,1-3H3,(H,23,25). The first-order valence-corrected chi connectivity index (χ1v) is 9.07. The van der Waals surface area contributed by atoms with E-state index in [-0.39, 0.29) is 0 Å². The molecule has 0 bridgehead atoms. The van der Waals surface area contributed by atoms with Crippen LogP contribution >= 0.6 is 0 Å². The SMILES string of the molecule is CCCOC(=O)Nc1ccc(-c2c(N)c3ccc(OC)cc3n2COC)cc1. The second-order valence-corrected chi connectivity index (χ2v) is 6.33. The minimum Gasteiger partial charge on any atom is -0.497 e. The summed E-state index contributed by atoms with van der Waals surface area (Å²) in [6, 6.07) is 13.2. The number of nitrogen functional groups attached to an aromatic ring is 1. The lowest BCUT2D eigenvalue weighted by Crippen LogP contribution is -2.13. The maximum atomic E-state index is 11.7. The van der Waals surface area contributed by atoms with Gasteiger partial charge in [0.1, 0.15) is 12.5 Å². The molecule has 3 aromatic rings. The van der Waals surface area contributed by atoms with E-state index in [1.54, 1.807) is 14.2 Å². The number of amides is 1. The Morgan fingerprint density at radius 3 is 2.54 bits per heavy atom. The van der Waals surface area contributed by atoms with Crippen molar-refractivity contribution in [3.63, 3.8) is 0 Å². The van der Waals surface area contributed by atoms with Gasteiger partial charge in [-0.1, -0.05) is 19.1 Å². The van der Waals surface area contributed by atoms with Crippen molar-refractivity contribution in [2.75, 3.05) is 31.9 Å². The molecular formula is C21H25N3O4. The van der Waals surface area contributed by atoms with Gasteiger partial charge < -0.3 is 24.5 Å². The minimum absolute atomic E-state index is 0.347. The fraction of sp³-hybridized carbons (Fsp3) is 0.286. The van der Waals surface area contributed by atoms with Crippen molar-refractivity contribution in [1.82, 2.24) is 4.57 Å². The van der Waals surface area contributed by atoms with Crippen LogP contribution < -0.4 is 15.8 Å². The molecule has 0 saturated heterocycles. The van der Waals surface area contributed by atoms with Gasteiger partial charge in [0.15, 0.2) is 0 Å². The Bertz CT molecular complexity index is 964. The second kappa shape index (κ2) is 8.67. The van der Waals surface area contributed by atoms with Crippen molar-refractivity contribution in [1.29, 1.82) is 0 Å². The van der Waals surface area contributed by atoms with E-state index in [1.165, 1.54) is 0 Å². The molecule has 0 aliphatic carbocycles. The van der Waals surface area contributed by atoms with Crippen LogP contribution in [0.5, 0.6) is 5.75 Å². The zero-order valence-corrected chi connectivity index (χ0v) is 16.3. The molecule has 0 aliphatic heterocycles. The predicted octanol–water partition coefficient (Wildman–Crippen LogP) is 4.46. The molecule has 3 N–H and O–H groups in total. The second-order valence-electron chi connectivity index (χ2n) is 6.33. The van der Waals surface area contributed by atoms with Crippen LogP contribution in [0.25, 0.3) is 22.2 Å². The first kappa shape index (κ1) is 19.6. The molecule has 0 spiro atoms. The zero-order chi connectivity index (χ0) is 20.1. The number of fused-ring (bicyclic) bond motifs is 1. The molecule has 1 heterocycles. The number of anilines is 2. The Morgan fingerprint density at radius 2 is 1.89 bits per heavy atom. The van der Waals surface area contributed by atoms with Crippen molar-refractivity contribution < 1.29 is 19.0 Å². The summed E-state index contributed by atoms with van der Waals surface area (Å²) < 4.78 is 17.8. The van der Waals surface area contributed by atoms with Gasteiger partial charge in [-0.3, -0.25) is 5.32 Å². The van der Waals surface area contributed by atoms with Gasteiger partial charge in [-0.05, 0) is 30.7 Å². The van der Waals surface area contributed by atoms with Crippen LogP contribution in [0.4, 0.5) is 16.2 Å². The molecule has 148 valence electrons. The molecule has 0 fully saturated rings. The summed E-state index contributed by atoms with van der Waals surface area (Å²) in [4.78, 5) is 11.7. The molecule has 7 heteroatoms. The summed E-state index contributed by atoms with van der Waals surface area (Å²) in [6.45, 7) is 2.68. The van der Waals surface area contributed by atoms with Crippen molar-refractivity contribution in [2.24, 2.45) is 0 Å². The third-order valence-electron chi connectivity index (χ3n) is 4.41. The number of ether oxygens (including phenoxy) is 3. The van der Waals surface area contributed by atoms with E-state index in [2.05, 4.69) is 5.32 Å². The Morgan fingerprint density at radius 1 is 1.14 bits per heavy atom. The Kier molecular flexibility index (Phi) is 6.06. The highest BCUT2D eigenvalue weighted by Crippen LogP contribution is 2.38. The van der Waals surface area contributed by atoms with E-state index in [0.717, 1.165) is 34.3 Å². The van der Waals surface area contributed by atoms with Crippen LogP contribution in [0.2, 0.25) is 0 Å². The van der Waals surface area contributed by atoms with Crippen molar-refractivity contribution in [2.45, 2.75) is 20.1 Å². The minimum atomic E-state index is -0.463. The monoisotopic (exact) mass is 383 g/mol. The third-order valence-corrected chi connectivity index (χ3v) is 4.41. The number of benzene rings is 2. The van der Waals surface area contributed by atoms with Gasteiger partial charge in [0.05, 0.1) is 30.6 Å². The van der Waals surface area contributed by atoms with Crippen LogP contribution in [0, 0.1) is 0 Å². The first-order valence-electron chi connectivity index (χ1n) is 9.07. The molecule has 28 heavy (non-hydrogen) atoms. The first-order chi connectivity index (χ1) is 13.6.